The van der Waals surface area contributed by atoms with Gasteiger partial charge < -0.3 is 30.4 Å². The number of carbonyl (C=O) groups excluding carboxylic acids is 1. The molecule has 1 aliphatic heterocycles. The van der Waals surface area contributed by atoms with Gasteiger partial charge in [-0.25, -0.2) is 0 Å². The second kappa shape index (κ2) is 16.7. The van der Waals surface area contributed by atoms with Gasteiger partial charge in [-0.2, -0.15) is 5.26 Å². The van der Waals surface area contributed by atoms with E-state index in [1.54, 1.807) is 0 Å². The van der Waals surface area contributed by atoms with Crippen LogP contribution in [-0.4, -0.2) is 37.1 Å². The molecule has 8 nitrogen and oxygen atoms in total. The number of nitriles is 1. The third-order valence-corrected chi connectivity index (χ3v) is 8.47. The third-order valence-electron chi connectivity index (χ3n) is 8.47. The Bertz CT molecular complexity index is 1300. The fourth-order valence-corrected chi connectivity index (χ4v) is 5.50. The van der Waals surface area contributed by atoms with E-state index in [4.69, 9.17) is 30.4 Å². The lowest BCUT2D eigenvalue weighted by molar-refractivity contribution is -0.160. The van der Waals surface area contributed by atoms with Crippen LogP contribution in [0.1, 0.15) is 110 Å². The number of hydrogen-bond donors (Lipinski definition) is 2. The fraction of sp³-hybridized carbons (Fsp3) is 0.568. The average molecular weight is 620 g/mol. The standard InChI is InChI=1S/C37H53N3O5/c1-35(2,39)26-37(5,36(3,4)40)34(41)43-22-14-12-10-8-6-7-9-11-13-21-42-31-18-15-28(16-19-31)23-30(25-38)29-17-20-32-33(24-29)45-27-44-32/h15-20,23-24H,6-14,21-22,26-27,39-40H2,1-5H3/b30-23+. The van der Waals surface area contributed by atoms with Crippen molar-refractivity contribution >= 4 is 17.6 Å². The first-order valence-corrected chi connectivity index (χ1v) is 16.3. The highest BCUT2D eigenvalue weighted by molar-refractivity contribution is 5.90. The summed E-state index contributed by atoms with van der Waals surface area (Å²) < 4.78 is 22.4. The van der Waals surface area contributed by atoms with Crippen LogP contribution in [0.25, 0.3) is 11.6 Å². The summed E-state index contributed by atoms with van der Waals surface area (Å²) in [6.45, 7) is 10.7. The van der Waals surface area contributed by atoms with Crippen molar-refractivity contribution in [2.24, 2.45) is 16.9 Å². The predicted octanol–water partition coefficient (Wildman–Crippen LogP) is 7.78. The van der Waals surface area contributed by atoms with Gasteiger partial charge in [0, 0.05) is 11.1 Å². The van der Waals surface area contributed by atoms with Crippen molar-refractivity contribution in [3.8, 4) is 23.3 Å². The van der Waals surface area contributed by atoms with Gasteiger partial charge in [0.15, 0.2) is 11.5 Å². The number of allylic oxidation sites excluding steroid dienone is 1. The van der Waals surface area contributed by atoms with Gasteiger partial charge in [0.1, 0.15) is 5.75 Å². The van der Waals surface area contributed by atoms with Crippen molar-refractivity contribution in [2.45, 2.75) is 110 Å². The van der Waals surface area contributed by atoms with Gasteiger partial charge in [0.25, 0.3) is 0 Å². The summed E-state index contributed by atoms with van der Waals surface area (Å²) in [6.07, 6.45) is 12.4. The minimum absolute atomic E-state index is 0.208. The van der Waals surface area contributed by atoms with E-state index >= 15 is 0 Å². The van der Waals surface area contributed by atoms with Gasteiger partial charge in [0.05, 0.1) is 30.3 Å². The number of nitrogens with zero attached hydrogens (tertiary/aromatic N) is 1. The monoisotopic (exact) mass is 619 g/mol. The summed E-state index contributed by atoms with van der Waals surface area (Å²) in [5.41, 5.74) is 12.8. The van der Waals surface area contributed by atoms with Crippen molar-refractivity contribution in [3.05, 3.63) is 53.6 Å². The van der Waals surface area contributed by atoms with Crippen LogP contribution in [0.2, 0.25) is 0 Å². The highest BCUT2D eigenvalue weighted by Gasteiger charge is 2.48. The zero-order valence-corrected chi connectivity index (χ0v) is 28.0. The molecule has 0 saturated heterocycles. The minimum atomic E-state index is -0.835. The molecule has 0 spiro atoms. The summed E-state index contributed by atoms with van der Waals surface area (Å²) >= 11 is 0. The van der Waals surface area contributed by atoms with Gasteiger partial charge in [-0.05, 0) is 101 Å². The van der Waals surface area contributed by atoms with Crippen LogP contribution in [0.5, 0.6) is 17.2 Å². The van der Waals surface area contributed by atoms with Crippen LogP contribution in [0, 0.1) is 16.7 Å². The van der Waals surface area contributed by atoms with Gasteiger partial charge in [-0.3, -0.25) is 4.79 Å². The first-order valence-electron chi connectivity index (χ1n) is 16.3. The van der Waals surface area contributed by atoms with Gasteiger partial charge in [-0.15, -0.1) is 0 Å². The summed E-state index contributed by atoms with van der Waals surface area (Å²) in [7, 11) is 0. The highest BCUT2D eigenvalue weighted by atomic mass is 16.7. The zero-order valence-electron chi connectivity index (χ0n) is 28.0. The second-order valence-corrected chi connectivity index (χ2v) is 13.7. The number of benzene rings is 2. The number of fused-ring (bicyclic) bond motifs is 1. The smallest absolute Gasteiger partial charge is 0.313 e. The van der Waals surface area contributed by atoms with Crippen molar-refractivity contribution in [1.82, 2.24) is 0 Å². The van der Waals surface area contributed by atoms with E-state index in [2.05, 4.69) is 6.07 Å². The molecule has 1 atom stereocenters. The molecular weight excluding hydrogens is 566 g/mol. The number of nitrogens with two attached hydrogens (primary N) is 2. The van der Waals surface area contributed by atoms with Crippen molar-refractivity contribution in [2.75, 3.05) is 20.0 Å². The summed E-state index contributed by atoms with van der Waals surface area (Å²) in [6, 6.07) is 15.6. The maximum Gasteiger partial charge on any atom is 0.313 e. The molecule has 0 amide bonds. The molecule has 2 aromatic rings. The molecule has 1 heterocycles. The molecule has 0 aromatic heterocycles. The van der Waals surface area contributed by atoms with Crippen LogP contribution in [0.3, 0.4) is 0 Å². The molecule has 4 N–H and O–H groups in total. The molecule has 0 fully saturated rings. The lowest BCUT2D eigenvalue weighted by Gasteiger charge is -2.42. The predicted molar refractivity (Wildman–Crippen MR) is 180 cm³/mol. The van der Waals surface area contributed by atoms with E-state index in [9.17, 15) is 10.1 Å². The Morgan fingerprint density at radius 1 is 0.844 bits per heavy atom. The van der Waals surface area contributed by atoms with Gasteiger partial charge >= 0.3 is 5.97 Å². The first-order chi connectivity index (χ1) is 21.3. The Hall–Kier alpha value is -3.54. The maximum absolute atomic E-state index is 12.9. The molecule has 1 unspecified atom stereocenters. The van der Waals surface area contributed by atoms with Gasteiger partial charge in [-0.1, -0.05) is 57.1 Å². The molecule has 0 bridgehead atoms. The Balaban J connectivity index is 1.22. The molecule has 246 valence electrons. The van der Waals surface area contributed by atoms with Crippen LogP contribution in [-0.2, 0) is 9.53 Å². The second-order valence-electron chi connectivity index (χ2n) is 13.7. The Morgan fingerprint density at radius 3 is 2.00 bits per heavy atom. The number of hydrogen-bond acceptors (Lipinski definition) is 8. The number of ether oxygens (including phenoxy) is 4. The summed E-state index contributed by atoms with van der Waals surface area (Å²) in [5.74, 6) is 1.94. The van der Waals surface area contributed by atoms with Crippen molar-refractivity contribution < 1.29 is 23.7 Å². The van der Waals surface area contributed by atoms with Crippen molar-refractivity contribution in [3.63, 3.8) is 0 Å². The lowest BCUT2D eigenvalue weighted by atomic mass is 9.67. The number of carbonyl (C=O) groups is 1. The summed E-state index contributed by atoms with van der Waals surface area (Å²) in [5, 5.41) is 9.67. The largest absolute Gasteiger partial charge is 0.494 e. The summed E-state index contributed by atoms with van der Waals surface area (Å²) in [4.78, 5) is 12.9. The third kappa shape index (κ3) is 11.4. The van der Waals surface area contributed by atoms with Crippen LogP contribution < -0.4 is 25.7 Å². The molecule has 0 radical (unpaired) electrons. The maximum atomic E-state index is 12.9. The van der Waals surface area contributed by atoms with E-state index in [1.165, 1.54) is 25.7 Å². The number of rotatable bonds is 19. The molecule has 1 aliphatic rings. The molecule has 8 heteroatoms. The fourth-order valence-electron chi connectivity index (χ4n) is 5.50. The minimum Gasteiger partial charge on any atom is -0.494 e. The molecule has 3 rings (SSSR count). The lowest BCUT2D eigenvalue weighted by Crippen LogP contribution is -2.58. The zero-order chi connectivity index (χ0) is 32.9. The van der Waals surface area contributed by atoms with E-state index in [0.717, 1.165) is 49.0 Å². The highest BCUT2D eigenvalue weighted by Crippen LogP contribution is 2.38. The molecular formula is C37H53N3O5. The molecule has 0 aliphatic carbocycles. The number of esters is 1. The molecule has 0 saturated carbocycles. The Labute approximate surface area is 270 Å². The topological polar surface area (TPSA) is 130 Å². The Kier molecular flexibility index (Phi) is 13.3. The van der Waals surface area contributed by atoms with Crippen molar-refractivity contribution in [1.29, 1.82) is 5.26 Å². The van der Waals surface area contributed by atoms with Crippen LogP contribution in [0.15, 0.2) is 42.5 Å². The van der Waals surface area contributed by atoms with Crippen LogP contribution >= 0.6 is 0 Å². The normalized spacial score (nSPS) is 14.5. The van der Waals surface area contributed by atoms with E-state index in [-0.39, 0.29) is 12.8 Å². The number of unbranched alkanes of at least 4 members (excludes halogenated alkanes) is 8. The quantitative estimate of drug-likeness (QED) is 0.0706. The Morgan fingerprint density at radius 2 is 1.42 bits per heavy atom. The van der Waals surface area contributed by atoms with Gasteiger partial charge in [0.2, 0.25) is 6.79 Å². The molecule has 2 aromatic carbocycles. The molecule has 45 heavy (non-hydrogen) atoms. The first kappa shape index (κ1) is 35.9. The van der Waals surface area contributed by atoms with Crippen LogP contribution in [0.4, 0.5) is 0 Å². The van der Waals surface area contributed by atoms with E-state index in [1.807, 2.05) is 83.2 Å². The van der Waals surface area contributed by atoms with E-state index < -0.39 is 16.5 Å². The van der Waals surface area contributed by atoms with E-state index in [0.29, 0.717) is 36.7 Å². The SMILES string of the molecule is CC(C)(N)CC(C)(C(=O)OCCCCCCCCCCCOc1ccc(/C=C(\C#N)c2ccc3c(c2)OCO3)cc1)C(C)(C)N. The average Bonchev–Trinajstić information content (AvgIpc) is 3.45.